The van der Waals surface area contributed by atoms with Crippen molar-refractivity contribution >= 4 is 0 Å². The number of halogens is 1. The smallest absolute Gasteiger partial charge is 0.138 e. The number of rotatable bonds is 6. The summed E-state index contributed by atoms with van der Waals surface area (Å²) in [4.78, 5) is 0. The van der Waals surface area contributed by atoms with E-state index in [1.165, 1.54) is 38.2 Å². The number of benzene rings is 1. The molecule has 0 spiro atoms. The predicted molar refractivity (Wildman–Crippen MR) is 71.3 cm³/mol. The Hall–Kier alpha value is -1.29. The first-order chi connectivity index (χ1) is 8.34. The van der Waals surface area contributed by atoms with Crippen LogP contribution in [0.2, 0.25) is 0 Å². The Balaban J connectivity index is 2.17. The number of hydrogen-bond acceptors (Lipinski definition) is 0. The van der Waals surface area contributed by atoms with Gasteiger partial charge in [0.05, 0.1) is 5.56 Å². The normalized spacial score (nSPS) is 9.76. The van der Waals surface area contributed by atoms with Gasteiger partial charge in [-0.2, -0.15) is 0 Å². The van der Waals surface area contributed by atoms with E-state index in [-0.39, 0.29) is 5.82 Å². The summed E-state index contributed by atoms with van der Waals surface area (Å²) in [5, 5.41) is 0. The summed E-state index contributed by atoms with van der Waals surface area (Å²) in [5.74, 6) is 5.71. The summed E-state index contributed by atoms with van der Waals surface area (Å²) in [6, 6.07) is 6.68. The van der Waals surface area contributed by atoms with Gasteiger partial charge in [-0.15, -0.1) is 0 Å². The molecule has 17 heavy (non-hydrogen) atoms. The maximum atomic E-state index is 13.2. The van der Waals surface area contributed by atoms with Gasteiger partial charge in [0.2, 0.25) is 0 Å². The lowest BCUT2D eigenvalue weighted by Gasteiger charge is -1.96. The fourth-order valence-electron chi connectivity index (χ4n) is 1.71. The Kier molecular flexibility index (Phi) is 7.14. The first-order valence-corrected chi connectivity index (χ1v) is 6.58. The van der Waals surface area contributed by atoms with Crippen molar-refractivity contribution in [2.24, 2.45) is 0 Å². The monoisotopic (exact) mass is 232 g/mol. The maximum absolute atomic E-state index is 13.2. The van der Waals surface area contributed by atoms with Gasteiger partial charge < -0.3 is 0 Å². The van der Waals surface area contributed by atoms with E-state index in [2.05, 4.69) is 18.8 Å². The zero-order valence-corrected chi connectivity index (χ0v) is 10.6. The molecule has 92 valence electrons. The van der Waals surface area contributed by atoms with Gasteiger partial charge in [-0.3, -0.25) is 0 Å². The summed E-state index contributed by atoms with van der Waals surface area (Å²) in [6.07, 6.45) is 8.50. The van der Waals surface area contributed by atoms with E-state index in [9.17, 15) is 4.39 Å². The van der Waals surface area contributed by atoms with Gasteiger partial charge in [0, 0.05) is 6.42 Å². The fraction of sp³-hybridized carbons (Fsp3) is 0.500. The topological polar surface area (TPSA) is 0 Å². The van der Waals surface area contributed by atoms with Crippen LogP contribution in [0.25, 0.3) is 0 Å². The van der Waals surface area contributed by atoms with E-state index in [1.54, 1.807) is 12.1 Å². The molecule has 0 aliphatic heterocycles. The number of unbranched alkanes of at least 4 members (excludes halogenated alkanes) is 6. The molecular weight excluding hydrogens is 211 g/mol. The minimum Gasteiger partial charge on any atom is -0.206 e. The van der Waals surface area contributed by atoms with Crippen molar-refractivity contribution in [2.45, 2.75) is 51.9 Å². The van der Waals surface area contributed by atoms with Gasteiger partial charge in [0.15, 0.2) is 0 Å². The van der Waals surface area contributed by atoms with Gasteiger partial charge in [-0.05, 0) is 18.6 Å². The third kappa shape index (κ3) is 6.12. The van der Waals surface area contributed by atoms with Crippen LogP contribution < -0.4 is 0 Å². The molecule has 0 saturated heterocycles. The standard InChI is InChI=1S/C16H21F/c1-2-3-4-5-6-7-8-9-12-15-13-10-11-14-16(15)17/h10-11,13-14H,2-8H2,1H3. The van der Waals surface area contributed by atoms with Crippen LogP contribution in [0.3, 0.4) is 0 Å². The molecule has 0 aliphatic rings. The lowest BCUT2D eigenvalue weighted by atomic mass is 10.1. The van der Waals surface area contributed by atoms with Gasteiger partial charge in [-0.1, -0.05) is 63.0 Å². The Morgan fingerprint density at radius 1 is 1.00 bits per heavy atom. The van der Waals surface area contributed by atoms with E-state index in [4.69, 9.17) is 0 Å². The first kappa shape index (κ1) is 13.8. The average Bonchev–Trinajstić information content (AvgIpc) is 2.35. The van der Waals surface area contributed by atoms with Gasteiger partial charge in [0.1, 0.15) is 5.82 Å². The Morgan fingerprint density at radius 3 is 2.47 bits per heavy atom. The van der Waals surface area contributed by atoms with Crippen LogP contribution >= 0.6 is 0 Å². The predicted octanol–water partition coefficient (Wildman–Crippen LogP) is 4.93. The van der Waals surface area contributed by atoms with Crippen molar-refractivity contribution < 1.29 is 4.39 Å². The second kappa shape index (κ2) is 8.82. The van der Waals surface area contributed by atoms with Crippen LogP contribution in [-0.2, 0) is 0 Å². The Bertz CT molecular complexity index is 371. The molecule has 0 fully saturated rings. The highest BCUT2D eigenvalue weighted by Gasteiger charge is 1.94. The van der Waals surface area contributed by atoms with Crippen LogP contribution in [0.4, 0.5) is 4.39 Å². The highest BCUT2D eigenvalue weighted by atomic mass is 19.1. The molecule has 0 nitrogen and oxygen atoms in total. The fourth-order valence-corrected chi connectivity index (χ4v) is 1.71. The molecule has 0 N–H and O–H groups in total. The second-order valence-electron chi connectivity index (χ2n) is 4.30. The lowest BCUT2D eigenvalue weighted by Crippen LogP contribution is -1.81. The molecular formula is C16H21F. The van der Waals surface area contributed by atoms with E-state index in [0.29, 0.717) is 5.56 Å². The molecule has 0 unspecified atom stereocenters. The Morgan fingerprint density at radius 2 is 1.71 bits per heavy atom. The summed E-state index contributed by atoms with van der Waals surface area (Å²) in [5.41, 5.74) is 0.512. The highest BCUT2D eigenvalue weighted by Crippen LogP contribution is 2.07. The summed E-state index contributed by atoms with van der Waals surface area (Å²) >= 11 is 0. The van der Waals surface area contributed by atoms with Crippen LogP contribution in [0.15, 0.2) is 24.3 Å². The molecule has 1 aromatic carbocycles. The first-order valence-electron chi connectivity index (χ1n) is 6.58. The zero-order valence-electron chi connectivity index (χ0n) is 10.6. The summed E-state index contributed by atoms with van der Waals surface area (Å²) in [7, 11) is 0. The average molecular weight is 232 g/mol. The molecule has 1 rings (SSSR count). The van der Waals surface area contributed by atoms with Crippen molar-refractivity contribution in [1.29, 1.82) is 0 Å². The molecule has 0 saturated carbocycles. The molecule has 1 heteroatoms. The second-order valence-corrected chi connectivity index (χ2v) is 4.30. The number of hydrogen-bond donors (Lipinski definition) is 0. The highest BCUT2D eigenvalue weighted by molar-refractivity contribution is 5.34. The third-order valence-corrected chi connectivity index (χ3v) is 2.75. The van der Waals surface area contributed by atoms with Gasteiger partial charge in [-0.25, -0.2) is 4.39 Å². The third-order valence-electron chi connectivity index (χ3n) is 2.75. The molecule has 0 heterocycles. The lowest BCUT2D eigenvalue weighted by molar-refractivity contribution is 0.613. The largest absolute Gasteiger partial charge is 0.206 e. The minimum atomic E-state index is -0.219. The van der Waals surface area contributed by atoms with E-state index >= 15 is 0 Å². The van der Waals surface area contributed by atoms with Gasteiger partial charge >= 0.3 is 0 Å². The molecule has 1 aromatic rings. The molecule has 0 aliphatic carbocycles. The van der Waals surface area contributed by atoms with Crippen LogP contribution in [-0.4, -0.2) is 0 Å². The Labute approximate surface area is 104 Å². The zero-order chi connectivity index (χ0) is 12.3. The molecule has 0 bridgehead atoms. The molecule has 0 amide bonds. The quantitative estimate of drug-likeness (QED) is 0.482. The SMILES string of the molecule is CCCCCCCCC#Cc1ccccc1F. The van der Waals surface area contributed by atoms with Crippen molar-refractivity contribution in [2.75, 3.05) is 0 Å². The van der Waals surface area contributed by atoms with Crippen LogP contribution in [0, 0.1) is 17.7 Å². The van der Waals surface area contributed by atoms with E-state index < -0.39 is 0 Å². The molecule has 0 radical (unpaired) electrons. The molecule has 0 aromatic heterocycles. The van der Waals surface area contributed by atoms with Crippen LogP contribution in [0.1, 0.15) is 57.4 Å². The molecule has 0 atom stereocenters. The van der Waals surface area contributed by atoms with Crippen molar-refractivity contribution in [3.05, 3.63) is 35.6 Å². The summed E-state index contributed by atoms with van der Waals surface area (Å²) < 4.78 is 13.2. The van der Waals surface area contributed by atoms with Crippen LogP contribution in [0.5, 0.6) is 0 Å². The maximum Gasteiger partial charge on any atom is 0.138 e. The minimum absolute atomic E-state index is 0.219. The van der Waals surface area contributed by atoms with Gasteiger partial charge in [0.25, 0.3) is 0 Å². The summed E-state index contributed by atoms with van der Waals surface area (Å²) in [6.45, 7) is 2.22. The van der Waals surface area contributed by atoms with Crippen molar-refractivity contribution in [3.63, 3.8) is 0 Å². The van der Waals surface area contributed by atoms with E-state index in [0.717, 1.165) is 12.8 Å². The van der Waals surface area contributed by atoms with Crippen molar-refractivity contribution in [3.8, 4) is 11.8 Å². The van der Waals surface area contributed by atoms with Crippen molar-refractivity contribution in [1.82, 2.24) is 0 Å². The van der Waals surface area contributed by atoms with E-state index in [1.807, 2.05) is 6.07 Å².